The van der Waals surface area contributed by atoms with Gasteiger partial charge in [0.15, 0.2) is 11.5 Å². The van der Waals surface area contributed by atoms with Crippen molar-refractivity contribution in [2.75, 3.05) is 25.1 Å². The second-order valence-corrected chi connectivity index (χ2v) is 12.7. The van der Waals surface area contributed by atoms with Crippen LogP contribution in [0.15, 0.2) is 65.6 Å². The predicted molar refractivity (Wildman–Crippen MR) is 165 cm³/mol. The van der Waals surface area contributed by atoms with Crippen molar-refractivity contribution in [1.29, 1.82) is 0 Å². The highest BCUT2D eigenvalue weighted by molar-refractivity contribution is 7.92. The molecule has 0 saturated carbocycles. The summed E-state index contributed by atoms with van der Waals surface area (Å²) in [6.45, 7) is 4.51. The quantitative estimate of drug-likeness (QED) is 0.264. The lowest BCUT2D eigenvalue weighted by Crippen LogP contribution is -2.52. The Morgan fingerprint density at radius 2 is 1.50 bits per heavy atom. The average molecular weight is 657 g/mol. The number of halogens is 3. The van der Waals surface area contributed by atoms with Gasteiger partial charge in [-0.15, -0.1) is 0 Å². The summed E-state index contributed by atoms with van der Waals surface area (Å²) in [5, 5.41) is 3.80. The molecule has 9 nitrogen and oxygen atoms in total. The summed E-state index contributed by atoms with van der Waals surface area (Å²) in [6.07, 6.45) is 0. The van der Waals surface area contributed by atoms with Gasteiger partial charge in [0.05, 0.1) is 34.8 Å². The largest absolute Gasteiger partial charge is 0.493 e. The summed E-state index contributed by atoms with van der Waals surface area (Å²) < 4.78 is 39.6. The topological polar surface area (TPSA) is 105 Å². The van der Waals surface area contributed by atoms with Gasteiger partial charge in [-0.1, -0.05) is 40.9 Å². The van der Waals surface area contributed by atoms with Crippen LogP contribution in [0.25, 0.3) is 0 Å². The van der Waals surface area contributed by atoms with Crippen molar-refractivity contribution in [3.05, 3.63) is 81.3 Å². The summed E-state index contributed by atoms with van der Waals surface area (Å²) in [6, 6.07) is 13.9. The van der Waals surface area contributed by atoms with Crippen LogP contribution in [0, 0.1) is 0 Å². The highest BCUT2D eigenvalue weighted by Gasteiger charge is 2.33. The third kappa shape index (κ3) is 8.01. The summed E-state index contributed by atoms with van der Waals surface area (Å²) in [5.41, 5.74) is 0.791. The summed E-state index contributed by atoms with van der Waals surface area (Å²) in [5.74, 6) is -0.504. The molecule has 0 bridgehead atoms. The molecule has 0 aliphatic rings. The molecule has 42 heavy (non-hydrogen) atoms. The molecule has 3 rings (SSSR count). The van der Waals surface area contributed by atoms with E-state index in [1.54, 1.807) is 39.0 Å². The Hall–Kier alpha value is -3.18. The smallest absolute Gasteiger partial charge is 0.264 e. The van der Waals surface area contributed by atoms with Crippen molar-refractivity contribution in [3.8, 4) is 11.5 Å². The minimum Gasteiger partial charge on any atom is -0.493 e. The molecule has 0 aliphatic carbocycles. The van der Waals surface area contributed by atoms with Crippen molar-refractivity contribution in [2.45, 2.75) is 44.3 Å². The highest BCUT2D eigenvalue weighted by Crippen LogP contribution is 2.33. The van der Waals surface area contributed by atoms with E-state index in [0.29, 0.717) is 21.4 Å². The fraction of sp³-hybridized carbons (Fsp3) is 0.310. The van der Waals surface area contributed by atoms with E-state index < -0.39 is 34.4 Å². The van der Waals surface area contributed by atoms with Gasteiger partial charge in [-0.25, -0.2) is 8.42 Å². The number of methoxy groups -OCH3 is 2. The normalized spacial score (nSPS) is 12.0. The number of ether oxygens (including phenoxy) is 2. The molecule has 0 fully saturated rings. The fourth-order valence-electron chi connectivity index (χ4n) is 4.06. The first kappa shape index (κ1) is 33.3. The highest BCUT2D eigenvalue weighted by atomic mass is 35.5. The molecule has 13 heteroatoms. The Bertz CT molecular complexity index is 1530. The third-order valence-electron chi connectivity index (χ3n) is 6.27. The van der Waals surface area contributed by atoms with Gasteiger partial charge in [0.1, 0.15) is 12.6 Å². The van der Waals surface area contributed by atoms with Crippen molar-refractivity contribution >= 4 is 62.3 Å². The first-order valence-electron chi connectivity index (χ1n) is 12.8. The molecule has 1 N–H and O–H groups in total. The molecule has 0 aromatic heterocycles. The van der Waals surface area contributed by atoms with Crippen LogP contribution in [-0.2, 0) is 26.2 Å². The molecule has 3 aromatic rings. The van der Waals surface area contributed by atoms with E-state index in [-0.39, 0.29) is 33.9 Å². The van der Waals surface area contributed by atoms with Crippen molar-refractivity contribution < 1.29 is 27.5 Å². The van der Waals surface area contributed by atoms with Crippen LogP contribution in [0.5, 0.6) is 11.5 Å². The SMILES string of the molecule is COc1ccc(S(=O)(=O)N(CC(=O)N(Cc2ccc(Cl)c(Cl)c2)[C@@H](C)C(=O)NC(C)C)c2ccc(Cl)cc2)cc1OC. The van der Waals surface area contributed by atoms with Crippen LogP contribution in [0.3, 0.4) is 0 Å². The average Bonchev–Trinajstić information content (AvgIpc) is 2.95. The molecule has 3 aromatic carbocycles. The van der Waals surface area contributed by atoms with Crippen LogP contribution in [-0.4, -0.2) is 58.0 Å². The first-order chi connectivity index (χ1) is 19.8. The number of hydrogen-bond acceptors (Lipinski definition) is 6. The van der Waals surface area contributed by atoms with E-state index >= 15 is 0 Å². The Kier molecular flexibility index (Phi) is 11.4. The molecule has 0 saturated heterocycles. The minimum absolute atomic E-state index is 0.0345. The molecule has 0 unspecified atom stereocenters. The van der Waals surface area contributed by atoms with Gasteiger partial charge in [0.2, 0.25) is 11.8 Å². The minimum atomic E-state index is -4.34. The van der Waals surface area contributed by atoms with Crippen LogP contribution in [0.2, 0.25) is 15.1 Å². The number of hydrogen-bond donors (Lipinski definition) is 1. The van der Waals surface area contributed by atoms with E-state index in [0.717, 1.165) is 4.31 Å². The Morgan fingerprint density at radius 3 is 2.07 bits per heavy atom. The van der Waals surface area contributed by atoms with E-state index in [1.165, 1.54) is 61.6 Å². The van der Waals surface area contributed by atoms with E-state index in [4.69, 9.17) is 44.3 Å². The Morgan fingerprint density at radius 1 is 0.857 bits per heavy atom. The number of rotatable bonds is 12. The van der Waals surface area contributed by atoms with Crippen LogP contribution in [0.4, 0.5) is 5.69 Å². The van der Waals surface area contributed by atoms with Crippen LogP contribution >= 0.6 is 34.8 Å². The fourth-order valence-corrected chi connectivity index (χ4v) is 5.94. The Labute approximate surface area is 261 Å². The second-order valence-electron chi connectivity index (χ2n) is 9.61. The zero-order valence-electron chi connectivity index (χ0n) is 23.7. The number of nitrogens with one attached hydrogen (secondary N) is 1. The van der Waals surface area contributed by atoms with E-state index in [2.05, 4.69) is 5.32 Å². The number of nitrogens with zero attached hydrogens (tertiary/aromatic N) is 2. The maximum atomic E-state index is 14.0. The van der Waals surface area contributed by atoms with Gasteiger partial charge in [-0.05, 0) is 74.9 Å². The zero-order chi connectivity index (χ0) is 31.2. The number of amides is 2. The molecule has 0 heterocycles. The van der Waals surface area contributed by atoms with Crippen molar-refractivity contribution in [2.24, 2.45) is 0 Å². The molecule has 0 aliphatic heterocycles. The summed E-state index contributed by atoms with van der Waals surface area (Å²) >= 11 is 18.3. The lowest BCUT2D eigenvalue weighted by molar-refractivity contribution is -0.139. The zero-order valence-corrected chi connectivity index (χ0v) is 26.8. The number of anilines is 1. The Balaban J connectivity index is 2.08. The number of benzene rings is 3. The molecule has 2 amide bonds. The maximum Gasteiger partial charge on any atom is 0.264 e. The van der Waals surface area contributed by atoms with E-state index in [9.17, 15) is 18.0 Å². The number of carbonyl (C=O) groups is 2. The standard InChI is InChI=1S/C29H32Cl3N3O6S/c1-18(2)33-29(37)19(3)34(16-20-6-12-24(31)25(32)14-20)28(36)17-35(22-9-7-21(30)8-10-22)42(38,39)23-11-13-26(40-4)27(15-23)41-5/h6-15,18-19H,16-17H2,1-5H3,(H,33,37)/t19-/m0/s1. The molecule has 0 radical (unpaired) electrons. The first-order valence-corrected chi connectivity index (χ1v) is 15.4. The van der Waals surface area contributed by atoms with Crippen LogP contribution < -0.4 is 19.1 Å². The predicted octanol–water partition coefficient (Wildman–Crippen LogP) is 5.80. The second kappa shape index (κ2) is 14.3. The van der Waals surface area contributed by atoms with Gasteiger partial charge < -0.3 is 19.7 Å². The third-order valence-corrected chi connectivity index (χ3v) is 9.03. The van der Waals surface area contributed by atoms with Gasteiger partial charge >= 0.3 is 0 Å². The summed E-state index contributed by atoms with van der Waals surface area (Å²) in [4.78, 5) is 28.2. The molecular weight excluding hydrogens is 625 g/mol. The summed E-state index contributed by atoms with van der Waals surface area (Å²) in [7, 11) is -1.51. The van der Waals surface area contributed by atoms with Crippen LogP contribution in [0.1, 0.15) is 26.3 Å². The molecule has 1 atom stereocenters. The van der Waals surface area contributed by atoms with Gasteiger partial charge in [-0.3, -0.25) is 13.9 Å². The van der Waals surface area contributed by atoms with E-state index in [1.807, 2.05) is 0 Å². The van der Waals surface area contributed by atoms with Crippen molar-refractivity contribution in [3.63, 3.8) is 0 Å². The van der Waals surface area contributed by atoms with Gasteiger partial charge in [0.25, 0.3) is 10.0 Å². The lowest BCUT2D eigenvalue weighted by Gasteiger charge is -2.32. The molecule has 226 valence electrons. The molecular formula is C29H32Cl3N3O6S. The number of carbonyl (C=O) groups excluding carboxylic acids is 2. The maximum absolute atomic E-state index is 14.0. The van der Waals surface area contributed by atoms with Gasteiger partial charge in [0, 0.05) is 23.7 Å². The molecule has 0 spiro atoms. The van der Waals surface area contributed by atoms with Crippen molar-refractivity contribution in [1.82, 2.24) is 10.2 Å². The monoisotopic (exact) mass is 655 g/mol. The lowest BCUT2D eigenvalue weighted by atomic mass is 10.1. The van der Waals surface area contributed by atoms with Gasteiger partial charge in [-0.2, -0.15) is 0 Å². The number of sulfonamides is 1.